The van der Waals surface area contributed by atoms with Gasteiger partial charge in [0.2, 0.25) is 0 Å². The lowest BCUT2D eigenvalue weighted by Gasteiger charge is -2.40. The molecule has 1 aliphatic heterocycles. The normalized spacial score (nSPS) is 19.2. The number of imidazole rings is 1. The van der Waals surface area contributed by atoms with Gasteiger partial charge in [-0.25, -0.2) is 4.98 Å². The highest BCUT2D eigenvalue weighted by Crippen LogP contribution is 2.25. The summed E-state index contributed by atoms with van der Waals surface area (Å²) in [7, 11) is 2.00. The second-order valence-electron chi connectivity index (χ2n) is 6.66. The van der Waals surface area contributed by atoms with Gasteiger partial charge in [0, 0.05) is 44.8 Å². The van der Waals surface area contributed by atoms with Crippen molar-refractivity contribution in [2.24, 2.45) is 7.05 Å². The third-order valence-corrected chi connectivity index (χ3v) is 4.78. The number of hydrogen-bond acceptors (Lipinski definition) is 4. The molecule has 1 atom stereocenters. The Bertz CT molecular complexity index is 704. The second kappa shape index (κ2) is 6.76. The Morgan fingerprint density at radius 3 is 2.79 bits per heavy atom. The maximum Gasteiger partial charge on any atom is 0.274 e. The van der Waals surface area contributed by atoms with E-state index in [0.717, 1.165) is 31.2 Å². The molecule has 24 heavy (non-hydrogen) atoms. The quantitative estimate of drug-likeness (QED) is 0.928. The van der Waals surface area contributed by atoms with Crippen molar-refractivity contribution in [1.29, 1.82) is 0 Å². The van der Waals surface area contributed by atoms with Crippen molar-refractivity contribution in [2.75, 3.05) is 26.2 Å². The van der Waals surface area contributed by atoms with Gasteiger partial charge in [-0.05, 0) is 18.5 Å². The topological polar surface area (TPSA) is 70.1 Å². The summed E-state index contributed by atoms with van der Waals surface area (Å²) in [5.74, 6) is 1.32. The zero-order chi connectivity index (χ0) is 17.3. The number of hydrogen-bond donors (Lipinski definition) is 1. The Balaban J connectivity index is 1.79. The number of aromatic amines is 1. The standard InChI is InChI=1S/C17H26N6O/c1-5-22-8-9-23(11-15(22)16-18-6-7-21(16)4)17(24)14-10-13(12(2)3)19-20-14/h6-7,10,12,15H,5,8-9,11H2,1-4H3,(H,19,20). The van der Waals surface area contributed by atoms with Crippen LogP contribution >= 0.6 is 0 Å². The number of likely N-dealkylation sites (N-methyl/N-ethyl adjacent to an activating group) is 1. The molecule has 3 heterocycles. The predicted molar refractivity (Wildman–Crippen MR) is 91.8 cm³/mol. The van der Waals surface area contributed by atoms with E-state index in [4.69, 9.17) is 0 Å². The van der Waals surface area contributed by atoms with E-state index in [-0.39, 0.29) is 11.9 Å². The summed E-state index contributed by atoms with van der Waals surface area (Å²) in [5.41, 5.74) is 1.49. The van der Waals surface area contributed by atoms with Gasteiger partial charge < -0.3 is 9.47 Å². The molecule has 2 aromatic rings. The molecule has 130 valence electrons. The van der Waals surface area contributed by atoms with E-state index in [1.807, 2.05) is 35.0 Å². The molecule has 7 heteroatoms. The Hall–Kier alpha value is -2.15. The summed E-state index contributed by atoms with van der Waals surface area (Å²) in [6, 6.07) is 1.99. The summed E-state index contributed by atoms with van der Waals surface area (Å²) < 4.78 is 2.03. The first-order chi connectivity index (χ1) is 11.5. The number of aryl methyl sites for hydroxylation is 1. The zero-order valence-electron chi connectivity index (χ0n) is 14.9. The Morgan fingerprint density at radius 2 is 2.21 bits per heavy atom. The van der Waals surface area contributed by atoms with Crippen molar-refractivity contribution in [2.45, 2.75) is 32.7 Å². The Kier molecular flexibility index (Phi) is 4.71. The van der Waals surface area contributed by atoms with Crippen LogP contribution in [0.1, 0.15) is 54.7 Å². The molecule has 7 nitrogen and oxygen atoms in total. The number of nitrogens with zero attached hydrogens (tertiary/aromatic N) is 5. The van der Waals surface area contributed by atoms with Crippen molar-refractivity contribution in [1.82, 2.24) is 29.5 Å². The van der Waals surface area contributed by atoms with Gasteiger partial charge in [-0.3, -0.25) is 14.8 Å². The van der Waals surface area contributed by atoms with Gasteiger partial charge >= 0.3 is 0 Å². The van der Waals surface area contributed by atoms with Crippen LogP contribution in [0.4, 0.5) is 0 Å². The SMILES string of the molecule is CCN1CCN(C(=O)c2cc(C(C)C)[nH]n2)CC1c1nccn1C. The van der Waals surface area contributed by atoms with Gasteiger partial charge in [0.25, 0.3) is 5.91 Å². The predicted octanol–water partition coefficient (Wildman–Crippen LogP) is 1.79. The highest BCUT2D eigenvalue weighted by molar-refractivity contribution is 5.92. The van der Waals surface area contributed by atoms with E-state index in [1.165, 1.54) is 0 Å². The van der Waals surface area contributed by atoms with Gasteiger partial charge in [-0.1, -0.05) is 20.8 Å². The third-order valence-electron chi connectivity index (χ3n) is 4.78. The highest BCUT2D eigenvalue weighted by atomic mass is 16.2. The minimum absolute atomic E-state index is 0.00638. The van der Waals surface area contributed by atoms with Crippen LogP contribution in [0, 0.1) is 0 Å². The van der Waals surface area contributed by atoms with E-state index >= 15 is 0 Å². The molecule has 3 rings (SSSR count). The van der Waals surface area contributed by atoms with Gasteiger partial charge in [0.15, 0.2) is 0 Å². The fourth-order valence-corrected chi connectivity index (χ4v) is 3.23. The van der Waals surface area contributed by atoms with Gasteiger partial charge in [0.1, 0.15) is 11.5 Å². The minimum Gasteiger partial charge on any atom is -0.337 e. The van der Waals surface area contributed by atoms with Crippen LogP contribution in [0.3, 0.4) is 0 Å². The van der Waals surface area contributed by atoms with Crippen LogP contribution in [0.5, 0.6) is 0 Å². The van der Waals surface area contributed by atoms with Crippen molar-refractivity contribution in [3.63, 3.8) is 0 Å². The number of H-pyrrole nitrogens is 1. The highest BCUT2D eigenvalue weighted by Gasteiger charge is 2.33. The molecule has 1 N–H and O–H groups in total. The first kappa shape index (κ1) is 16.7. The summed E-state index contributed by atoms with van der Waals surface area (Å²) in [4.78, 5) is 21.6. The molecule has 1 fully saturated rings. The Morgan fingerprint density at radius 1 is 1.42 bits per heavy atom. The van der Waals surface area contributed by atoms with E-state index < -0.39 is 0 Å². The van der Waals surface area contributed by atoms with Crippen LogP contribution in [0.2, 0.25) is 0 Å². The van der Waals surface area contributed by atoms with Gasteiger partial charge in [0.05, 0.1) is 6.04 Å². The number of piperazine rings is 1. The number of carbonyl (C=O) groups excluding carboxylic acids is 1. The maximum absolute atomic E-state index is 12.8. The molecule has 0 radical (unpaired) electrons. The average molecular weight is 330 g/mol. The fraction of sp³-hybridized carbons (Fsp3) is 0.588. The third kappa shape index (κ3) is 3.08. The van der Waals surface area contributed by atoms with Crippen LogP contribution in [0.25, 0.3) is 0 Å². The molecule has 2 aromatic heterocycles. The second-order valence-corrected chi connectivity index (χ2v) is 6.66. The smallest absolute Gasteiger partial charge is 0.274 e. The van der Waals surface area contributed by atoms with Crippen molar-refractivity contribution in [3.05, 3.63) is 35.7 Å². The first-order valence-corrected chi connectivity index (χ1v) is 8.57. The van der Waals surface area contributed by atoms with E-state index in [0.29, 0.717) is 18.2 Å². The van der Waals surface area contributed by atoms with Crippen molar-refractivity contribution < 1.29 is 4.79 Å². The molecule has 0 spiro atoms. The molecular weight excluding hydrogens is 304 g/mol. The largest absolute Gasteiger partial charge is 0.337 e. The molecule has 1 amide bonds. The van der Waals surface area contributed by atoms with Gasteiger partial charge in [-0.15, -0.1) is 0 Å². The zero-order valence-corrected chi connectivity index (χ0v) is 14.9. The number of rotatable bonds is 4. The van der Waals surface area contributed by atoms with E-state index in [1.54, 1.807) is 0 Å². The molecular formula is C17H26N6O. The first-order valence-electron chi connectivity index (χ1n) is 8.57. The van der Waals surface area contributed by atoms with Gasteiger partial charge in [-0.2, -0.15) is 5.10 Å². The monoisotopic (exact) mass is 330 g/mol. The van der Waals surface area contributed by atoms with Crippen LogP contribution in [-0.2, 0) is 7.05 Å². The lowest BCUT2D eigenvalue weighted by molar-refractivity contribution is 0.0467. The van der Waals surface area contributed by atoms with Crippen LogP contribution in [-0.4, -0.2) is 61.6 Å². The summed E-state index contributed by atoms with van der Waals surface area (Å²) >= 11 is 0. The summed E-state index contributed by atoms with van der Waals surface area (Å²) in [5, 5.41) is 7.18. The lowest BCUT2D eigenvalue weighted by Crippen LogP contribution is -2.51. The molecule has 0 bridgehead atoms. The van der Waals surface area contributed by atoms with E-state index in [2.05, 4.69) is 40.9 Å². The van der Waals surface area contributed by atoms with Crippen molar-refractivity contribution in [3.8, 4) is 0 Å². The number of amides is 1. The van der Waals surface area contributed by atoms with Crippen LogP contribution in [0.15, 0.2) is 18.5 Å². The minimum atomic E-state index is -0.00638. The molecule has 1 aliphatic rings. The lowest BCUT2D eigenvalue weighted by atomic mass is 10.1. The maximum atomic E-state index is 12.8. The van der Waals surface area contributed by atoms with Crippen LogP contribution < -0.4 is 0 Å². The molecule has 0 aliphatic carbocycles. The summed E-state index contributed by atoms with van der Waals surface area (Å²) in [6.45, 7) is 9.47. The average Bonchev–Trinajstić information content (AvgIpc) is 3.22. The van der Waals surface area contributed by atoms with E-state index in [9.17, 15) is 4.79 Å². The number of carbonyl (C=O) groups is 1. The number of nitrogens with one attached hydrogen (secondary N) is 1. The molecule has 1 saturated heterocycles. The number of aromatic nitrogens is 4. The summed E-state index contributed by atoms with van der Waals surface area (Å²) in [6.07, 6.45) is 3.76. The molecule has 1 unspecified atom stereocenters. The molecule has 0 aromatic carbocycles. The fourth-order valence-electron chi connectivity index (χ4n) is 3.23. The van der Waals surface area contributed by atoms with Crippen molar-refractivity contribution >= 4 is 5.91 Å². The molecule has 0 saturated carbocycles. The Labute approximate surface area is 142 Å².